The molecule has 0 fully saturated rings. The van der Waals surface area contributed by atoms with E-state index in [0.717, 1.165) is 19.1 Å². The van der Waals surface area contributed by atoms with E-state index >= 15 is 0 Å². The van der Waals surface area contributed by atoms with Gasteiger partial charge in [0.15, 0.2) is 0 Å². The van der Waals surface area contributed by atoms with Gasteiger partial charge in [0.2, 0.25) is 17.7 Å². The molecule has 3 amide bonds. The fourth-order valence-corrected chi connectivity index (χ4v) is 2.81. The Balaban J connectivity index is 5.14. The maximum absolute atomic E-state index is 12.7. The molecule has 0 heterocycles. The van der Waals surface area contributed by atoms with E-state index in [1.807, 2.05) is 34.6 Å². The topological polar surface area (TPSA) is 104 Å². The van der Waals surface area contributed by atoms with Crippen molar-refractivity contribution in [3.8, 4) is 0 Å². The molecule has 0 aromatic heterocycles. The van der Waals surface area contributed by atoms with Gasteiger partial charge in [-0.2, -0.15) is 0 Å². The monoisotopic (exact) mass is 383 g/mol. The van der Waals surface area contributed by atoms with Crippen LogP contribution in [0.1, 0.15) is 73.6 Å². The van der Waals surface area contributed by atoms with Crippen molar-refractivity contribution in [1.29, 1.82) is 0 Å². The van der Waals surface area contributed by atoms with Crippen LogP contribution in [0.5, 0.6) is 0 Å². The Bertz CT molecular complexity index is 492. The van der Waals surface area contributed by atoms with E-state index in [2.05, 4.69) is 16.0 Å². The lowest BCUT2D eigenvalue weighted by atomic mass is 9.99. The Morgan fingerprint density at radius 1 is 0.852 bits per heavy atom. The summed E-state index contributed by atoms with van der Waals surface area (Å²) in [5, 5.41) is 8.14. The molecule has 0 bridgehead atoms. The zero-order chi connectivity index (χ0) is 21.0. The highest BCUT2D eigenvalue weighted by Gasteiger charge is 2.28. The van der Waals surface area contributed by atoms with Crippen LogP contribution in [-0.2, 0) is 19.2 Å². The fourth-order valence-electron chi connectivity index (χ4n) is 2.81. The first-order valence-electron chi connectivity index (χ1n) is 9.93. The number of carbonyl (C=O) groups excluding carboxylic acids is 4. The zero-order valence-electron chi connectivity index (χ0n) is 17.6. The van der Waals surface area contributed by atoms with Crippen molar-refractivity contribution in [2.45, 2.75) is 91.8 Å². The van der Waals surface area contributed by atoms with Crippen molar-refractivity contribution >= 4 is 24.0 Å². The minimum Gasteiger partial charge on any atom is -0.345 e. The Morgan fingerprint density at radius 3 is 1.74 bits per heavy atom. The van der Waals surface area contributed by atoms with Crippen molar-refractivity contribution in [2.75, 3.05) is 0 Å². The largest absolute Gasteiger partial charge is 0.345 e. The molecule has 3 atom stereocenters. The van der Waals surface area contributed by atoms with Crippen molar-refractivity contribution in [2.24, 2.45) is 11.8 Å². The highest BCUT2D eigenvalue weighted by Crippen LogP contribution is 2.09. The van der Waals surface area contributed by atoms with Crippen LogP contribution in [0.15, 0.2) is 0 Å². The van der Waals surface area contributed by atoms with E-state index in [-0.39, 0.29) is 29.6 Å². The van der Waals surface area contributed by atoms with Gasteiger partial charge in [-0.1, -0.05) is 47.5 Å². The second-order valence-corrected chi connectivity index (χ2v) is 7.97. The summed E-state index contributed by atoms with van der Waals surface area (Å²) >= 11 is 0. The number of amides is 3. The number of nitrogens with one attached hydrogen (secondary N) is 3. The molecule has 0 aliphatic heterocycles. The summed E-state index contributed by atoms with van der Waals surface area (Å²) in [7, 11) is 0. The SMILES string of the molecule is CCCC[C@@H](C=O)NC(=O)[C@H](CC(C)C)NC(=O)[C@@H](CC(C)C)NC(C)=O. The molecule has 0 aromatic carbocycles. The quantitative estimate of drug-likeness (QED) is 0.423. The summed E-state index contributed by atoms with van der Waals surface area (Å²) in [5.41, 5.74) is 0. The third kappa shape index (κ3) is 11.4. The number of hydrogen-bond acceptors (Lipinski definition) is 4. The summed E-state index contributed by atoms with van der Waals surface area (Å²) in [6, 6.07) is -1.98. The molecule has 3 N–H and O–H groups in total. The molecule has 0 saturated heterocycles. The maximum atomic E-state index is 12.7. The van der Waals surface area contributed by atoms with Gasteiger partial charge in [0, 0.05) is 6.92 Å². The third-order valence-corrected chi connectivity index (χ3v) is 4.10. The lowest BCUT2D eigenvalue weighted by molar-refractivity contribution is -0.133. The van der Waals surface area contributed by atoms with E-state index in [1.165, 1.54) is 6.92 Å². The van der Waals surface area contributed by atoms with E-state index in [4.69, 9.17) is 0 Å². The molecule has 0 radical (unpaired) electrons. The minimum atomic E-state index is -0.745. The molecule has 0 unspecified atom stereocenters. The molecule has 7 nitrogen and oxygen atoms in total. The van der Waals surface area contributed by atoms with E-state index in [9.17, 15) is 19.2 Å². The van der Waals surface area contributed by atoms with Crippen molar-refractivity contribution in [1.82, 2.24) is 16.0 Å². The number of aldehydes is 1. The molecule has 0 aliphatic rings. The van der Waals surface area contributed by atoms with Crippen molar-refractivity contribution < 1.29 is 19.2 Å². The lowest BCUT2D eigenvalue weighted by Gasteiger charge is -2.25. The number of rotatable bonds is 13. The minimum absolute atomic E-state index is 0.177. The number of unbranched alkanes of at least 4 members (excludes halogenated alkanes) is 1. The average Bonchev–Trinajstić information content (AvgIpc) is 2.55. The summed E-state index contributed by atoms with van der Waals surface area (Å²) in [6.07, 6.45) is 4.01. The first-order valence-corrected chi connectivity index (χ1v) is 9.93. The Kier molecular flexibility index (Phi) is 12.3. The van der Waals surface area contributed by atoms with Crippen LogP contribution >= 0.6 is 0 Å². The van der Waals surface area contributed by atoms with Crippen LogP contribution < -0.4 is 16.0 Å². The second-order valence-electron chi connectivity index (χ2n) is 7.97. The predicted molar refractivity (Wildman–Crippen MR) is 106 cm³/mol. The van der Waals surface area contributed by atoms with Crippen LogP contribution in [0.3, 0.4) is 0 Å². The Labute approximate surface area is 163 Å². The highest BCUT2D eigenvalue weighted by molar-refractivity contribution is 5.92. The standard InChI is InChI=1S/C20H37N3O4/c1-7-8-9-16(12-24)22-19(26)18(11-14(4)5)23-20(27)17(10-13(2)3)21-15(6)25/h12-14,16-18H,7-11H2,1-6H3,(H,21,25)(H,22,26)(H,23,27)/t16-,17+,18-/m0/s1. The first-order chi connectivity index (χ1) is 12.6. The third-order valence-electron chi connectivity index (χ3n) is 4.10. The normalized spacial score (nSPS) is 14.4. The Hall–Kier alpha value is -1.92. The molecule has 7 heteroatoms. The Morgan fingerprint density at radius 2 is 1.33 bits per heavy atom. The van der Waals surface area contributed by atoms with Crippen LogP contribution in [0.2, 0.25) is 0 Å². The van der Waals surface area contributed by atoms with Gasteiger partial charge in [0.1, 0.15) is 18.4 Å². The summed E-state index contributed by atoms with van der Waals surface area (Å²) in [6.45, 7) is 11.2. The van der Waals surface area contributed by atoms with Crippen LogP contribution in [0.4, 0.5) is 0 Å². The van der Waals surface area contributed by atoms with Crippen LogP contribution in [0, 0.1) is 11.8 Å². The maximum Gasteiger partial charge on any atom is 0.243 e. The van der Waals surface area contributed by atoms with Gasteiger partial charge in [0.05, 0.1) is 6.04 Å². The molecule has 27 heavy (non-hydrogen) atoms. The lowest BCUT2D eigenvalue weighted by Crippen LogP contribution is -2.55. The van der Waals surface area contributed by atoms with E-state index < -0.39 is 18.1 Å². The fraction of sp³-hybridized carbons (Fsp3) is 0.800. The molecular weight excluding hydrogens is 346 g/mol. The zero-order valence-corrected chi connectivity index (χ0v) is 17.6. The van der Waals surface area contributed by atoms with E-state index in [1.54, 1.807) is 0 Å². The summed E-state index contributed by atoms with van der Waals surface area (Å²) in [4.78, 5) is 47.9. The molecule has 0 aliphatic carbocycles. The van der Waals surface area contributed by atoms with Crippen LogP contribution in [-0.4, -0.2) is 42.1 Å². The first kappa shape index (κ1) is 25.1. The van der Waals surface area contributed by atoms with Crippen LogP contribution in [0.25, 0.3) is 0 Å². The van der Waals surface area contributed by atoms with Gasteiger partial charge in [-0.05, 0) is 31.1 Å². The molecule has 0 spiro atoms. The predicted octanol–water partition coefficient (Wildman–Crippen LogP) is 1.94. The summed E-state index contributed by atoms with van der Waals surface area (Å²) in [5.74, 6) is -0.650. The van der Waals surface area contributed by atoms with Gasteiger partial charge in [0.25, 0.3) is 0 Å². The molecule has 0 saturated carbocycles. The van der Waals surface area contributed by atoms with E-state index in [0.29, 0.717) is 19.3 Å². The van der Waals surface area contributed by atoms with Crippen molar-refractivity contribution in [3.05, 3.63) is 0 Å². The molecule has 0 aromatic rings. The van der Waals surface area contributed by atoms with Crippen molar-refractivity contribution in [3.63, 3.8) is 0 Å². The summed E-state index contributed by atoms with van der Waals surface area (Å²) < 4.78 is 0. The number of hydrogen-bond donors (Lipinski definition) is 3. The number of carbonyl (C=O) groups is 4. The smallest absolute Gasteiger partial charge is 0.243 e. The van der Waals surface area contributed by atoms with Gasteiger partial charge in [-0.3, -0.25) is 14.4 Å². The highest BCUT2D eigenvalue weighted by atomic mass is 16.2. The van der Waals surface area contributed by atoms with Gasteiger partial charge >= 0.3 is 0 Å². The van der Waals surface area contributed by atoms with Gasteiger partial charge in [-0.25, -0.2) is 0 Å². The molecule has 156 valence electrons. The average molecular weight is 384 g/mol. The van der Waals surface area contributed by atoms with Gasteiger partial charge in [-0.15, -0.1) is 0 Å². The molecular formula is C20H37N3O4. The second kappa shape index (κ2) is 13.3. The molecule has 0 rings (SSSR count). The van der Waals surface area contributed by atoms with Gasteiger partial charge < -0.3 is 20.7 Å².